The van der Waals surface area contributed by atoms with Crippen molar-refractivity contribution in [1.82, 2.24) is 10.3 Å². The molecule has 14 heavy (non-hydrogen) atoms. The molecule has 0 saturated heterocycles. The molecule has 1 N–H and O–H groups in total. The monoisotopic (exact) mass is 190 g/mol. The summed E-state index contributed by atoms with van der Waals surface area (Å²) in [4.78, 5) is 4.10. The number of rotatable bonds is 4. The first-order chi connectivity index (χ1) is 6.84. The second kappa shape index (κ2) is 4.56. The molecular formula is C12H18N2. The van der Waals surface area contributed by atoms with Gasteiger partial charge in [0.25, 0.3) is 0 Å². The lowest BCUT2D eigenvalue weighted by Crippen LogP contribution is -2.40. The summed E-state index contributed by atoms with van der Waals surface area (Å²) in [5.41, 5.74) is 1.33. The molecule has 1 saturated carbocycles. The zero-order chi connectivity index (χ0) is 9.80. The predicted molar refractivity (Wildman–Crippen MR) is 58.1 cm³/mol. The van der Waals surface area contributed by atoms with Gasteiger partial charge in [-0.15, -0.1) is 0 Å². The summed E-state index contributed by atoms with van der Waals surface area (Å²) in [6, 6.07) is 4.92. The molecule has 1 aromatic heterocycles. The van der Waals surface area contributed by atoms with Crippen molar-refractivity contribution in [3.8, 4) is 0 Å². The van der Waals surface area contributed by atoms with E-state index in [-0.39, 0.29) is 0 Å². The van der Waals surface area contributed by atoms with Crippen LogP contribution in [-0.2, 0) is 6.42 Å². The summed E-state index contributed by atoms with van der Waals surface area (Å²) in [5, 5.41) is 3.57. The summed E-state index contributed by atoms with van der Waals surface area (Å²) >= 11 is 0. The molecule has 1 aromatic rings. The largest absolute Gasteiger partial charge is 0.314 e. The molecule has 0 spiro atoms. The lowest BCUT2D eigenvalue weighted by Gasteiger charge is -2.33. The molecule has 1 heterocycles. The quantitative estimate of drug-likeness (QED) is 0.785. The third-order valence-corrected chi connectivity index (χ3v) is 2.94. The first-order valence-corrected chi connectivity index (χ1v) is 5.47. The van der Waals surface area contributed by atoms with Gasteiger partial charge >= 0.3 is 0 Å². The fourth-order valence-electron chi connectivity index (χ4n) is 2.04. The van der Waals surface area contributed by atoms with Gasteiger partial charge in [0.05, 0.1) is 0 Å². The maximum Gasteiger partial charge on any atom is 0.0300 e. The fourth-order valence-corrected chi connectivity index (χ4v) is 2.04. The van der Waals surface area contributed by atoms with Crippen LogP contribution in [0.4, 0.5) is 0 Å². The van der Waals surface area contributed by atoms with Gasteiger partial charge in [-0.1, -0.05) is 13.0 Å². The summed E-state index contributed by atoms with van der Waals surface area (Å²) in [6.07, 6.45) is 7.58. The molecule has 1 aliphatic rings. The van der Waals surface area contributed by atoms with Crippen LogP contribution in [0.5, 0.6) is 0 Å². The van der Waals surface area contributed by atoms with E-state index in [0.29, 0.717) is 0 Å². The smallest absolute Gasteiger partial charge is 0.0300 e. The third-order valence-electron chi connectivity index (χ3n) is 2.94. The second-order valence-corrected chi connectivity index (χ2v) is 4.34. The van der Waals surface area contributed by atoms with E-state index in [4.69, 9.17) is 0 Å². The number of nitrogens with zero attached hydrogens (tertiary/aromatic N) is 1. The van der Waals surface area contributed by atoms with Crippen molar-refractivity contribution in [2.45, 2.75) is 32.2 Å². The summed E-state index contributed by atoms with van der Waals surface area (Å²) in [7, 11) is 0. The third kappa shape index (κ3) is 2.55. The summed E-state index contributed by atoms with van der Waals surface area (Å²) in [6.45, 7) is 3.41. The van der Waals surface area contributed by atoms with Gasteiger partial charge in [0.1, 0.15) is 0 Å². The van der Waals surface area contributed by atoms with Crippen LogP contribution in [0.3, 0.4) is 0 Å². The van der Waals surface area contributed by atoms with Gasteiger partial charge in [-0.25, -0.2) is 0 Å². The molecule has 0 atom stereocenters. The fraction of sp³-hybridized carbons (Fsp3) is 0.583. The van der Waals surface area contributed by atoms with Gasteiger partial charge in [0.2, 0.25) is 0 Å². The van der Waals surface area contributed by atoms with Crippen LogP contribution in [0, 0.1) is 5.92 Å². The van der Waals surface area contributed by atoms with Crippen LogP contribution in [0.15, 0.2) is 24.5 Å². The van der Waals surface area contributed by atoms with Crippen LogP contribution in [0.25, 0.3) is 0 Å². The summed E-state index contributed by atoms with van der Waals surface area (Å²) < 4.78 is 0. The predicted octanol–water partition coefficient (Wildman–Crippen LogP) is 2.01. The Bertz CT molecular complexity index is 265. The van der Waals surface area contributed by atoms with E-state index in [1.165, 1.54) is 18.4 Å². The Balaban J connectivity index is 1.64. The zero-order valence-electron chi connectivity index (χ0n) is 8.74. The highest BCUT2D eigenvalue weighted by molar-refractivity contribution is 5.08. The molecule has 0 bridgehead atoms. The Labute approximate surface area is 85.7 Å². The van der Waals surface area contributed by atoms with Crippen LogP contribution in [0.2, 0.25) is 0 Å². The Morgan fingerprint density at radius 2 is 2.36 bits per heavy atom. The highest BCUT2D eigenvalue weighted by Gasteiger charge is 2.23. The van der Waals surface area contributed by atoms with E-state index in [1.807, 2.05) is 18.5 Å². The van der Waals surface area contributed by atoms with Crippen LogP contribution in [0.1, 0.15) is 25.3 Å². The van der Waals surface area contributed by atoms with Crippen molar-refractivity contribution < 1.29 is 0 Å². The number of hydrogen-bond acceptors (Lipinski definition) is 2. The lowest BCUT2D eigenvalue weighted by atomic mass is 9.82. The number of hydrogen-bond donors (Lipinski definition) is 1. The van der Waals surface area contributed by atoms with E-state index in [2.05, 4.69) is 23.3 Å². The van der Waals surface area contributed by atoms with Crippen molar-refractivity contribution >= 4 is 0 Å². The molecule has 0 aliphatic heterocycles. The first-order valence-electron chi connectivity index (χ1n) is 5.47. The minimum atomic E-state index is 0.779. The molecule has 0 radical (unpaired) electrons. The van der Waals surface area contributed by atoms with Crippen molar-refractivity contribution in [3.05, 3.63) is 30.1 Å². The highest BCUT2D eigenvalue weighted by atomic mass is 14.9. The Morgan fingerprint density at radius 1 is 1.50 bits per heavy atom. The van der Waals surface area contributed by atoms with Crippen molar-refractivity contribution in [2.24, 2.45) is 5.92 Å². The molecule has 2 rings (SSSR count). The van der Waals surface area contributed by atoms with Gasteiger partial charge in [-0.2, -0.15) is 0 Å². The van der Waals surface area contributed by atoms with Crippen LogP contribution >= 0.6 is 0 Å². The van der Waals surface area contributed by atoms with Gasteiger partial charge in [0, 0.05) is 18.4 Å². The molecule has 0 unspecified atom stereocenters. The topological polar surface area (TPSA) is 24.9 Å². The Kier molecular flexibility index (Phi) is 3.14. The molecule has 2 heteroatoms. The van der Waals surface area contributed by atoms with E-state index in [9.17, 15) is 0 Å². The van der Waals surface area contributed by atoms with Crippen molar-refractivity contribution in [3.63, 3.8) is 0 Å². The van der Waals surface area contributed by atoms with Gasteiger partial charge in [-0.3, -0.25) is 4.98 Å². The van der Waals surface area contributed by atoms with Crippen LogP contribution < -0.4 is 5.32 Å². The number of nitrogens with one attached hydrogen (secondary N) is 1. The van der Waals surface area contributed by atoms with E-state index in [0.717, 1.165) is 24.9 Å². The average Bonchev–Trinajstić information content (AvgIpc) is 2.17. The van der Waals surface area contributed by atoms with Gasteiger partial charge in [-0.05, 0) is 43.4 Å². The minimum absolute atomic E-state index is 0.779. The number of aromatic nitrogens is 1. The van der Waals surface area contributed by atoms with E-state index < -0.39 is 0 Å². The molecule has 76 valence electrons. The minimum Gasteiger partial charge on any atom is -0.314 e. The van der Waals surface area contributed by atoms with Crippen molar-refractivity contribution in [1.29, 1.82) is 0 Å². The lowest BCUT2D eigenvalue weighted by molar-refractivity contribution is 0.243. The Hall–Kier alpha value is -0.890. The maximum atomic E-state index is 4.10. The molecule has 1 aliphatic carbocycles. The average molecular weight is 190 g/mol. The van der Waals surface area contributed by atoms with E-state index in [1.54, 1.807) is 0 Å². The van der Waals surface area contributed by atoms with Crippen LogP contribution in [-0.4, -0.2) is 17.6 Å². The SMILES string of the molecule is CC1CC(NCCc2cccnc2)C1. The zero-order valence-corrected chi connectivity index (χ0v) is 8.74. The highest BCUT2D eigenvalue weighted by Crippen LogP contribution is 2.25. The molecule has 2 nitrogen and oxygen atoms in total. The first kappa shape index (κ1) is 9.66. The standard InChI is InChI=1S/C12H18N2/c1-10-7-12(8-10)14-6-4-11-3-2-5-13-9-11/h2-3,5,9-10,12,14H,4,6-8H2,1H3. The summed E-state index contributed by atoms with van der Waals surface area (Å²) in [5.74, 6) is 0.936. The normalized spacial score (nSPS) is 25.8. The van der Waals surface area contributed by atoms with E-state index >= 15 is 0 Å². The molecule has 0 aromatic carbocycles. The Morgan fingerprint density at radius 3 is 3.00 bits per heavy atom. The maximum absolute atomic E-state index is 4.10. The molecule has 0 amide bonds. The second-order valence-electron chi connectivity index (χ2n) is 4.34. The molecular weight excluding hydrogens is 172 g/mol. The molecule has 1 fully saturated rings. The van der Waals surface area contributed by atoms with Crippen molar-refractivity contribution in [2.75, 3.05) is 6.54 Å². The van der Waals surface area contributed by atoms with Gasteiger partial charge < -0.3 is 5.32 Å². The van der Waals surface area contributed by atoms with Gasteiger partial charge in [0.15, 0.2) is 0 Å². The number of pyridine rings is 1.